The van der Waals surface area contributed by atoms with E-state index in [0.29, 0.717) is 11.9 Å². The van der Waals surface area contributed by atoms with Crippen LogP contribution in [0, 0.1) is 0 Å². The summed E-state index contributed by atoms with van der Waals surface area (Å²) in [6, 6.07) is 3.43. The number of amides is 1. The smallest absolute Gasteiger partial charge is 0.242 e. The maximum absolute atomic E-state index is 11.3. The molecule has 0 aromatic carbocycles. The Kier molecular flexibility index (Phi) is 4.25. The van der Waals surface area contributed by atoms with E-state index in [9.17, 15) is 4.79 Å². The molecule has 5 nitrogen and oxygen atoms in total. The molecule has 0 aliphatic rings. The summed E-state index contributed by atoms with van der Waals surface area (Å²) in [5.41, 5.74) is 6.35. The van der Waals surface area contributed by atoms with Gasteiger partial charge in [-0.05, 0) is 32.9 Å². The normalized spacial score (nSPS) is 12.3. The first-order valence-corrected chi connectivity index (χ1v) is 5.28. The summed E-state index contributed by atoms with van der Waals surface area (Å²) < 4.78 is 0. The van der Waals surface area contributed by atoms with Crippen molar-refractivity contribution in [2.45, 2.75) is 32.9 Å². The maximum Gasteiger partial charge on any atom is 0.242 e. The summed E-state index contributed by atoms with van der Waals surface area (Å²) in [7, 11) is 0. The quantitative estimate of drug-likeness (QED) is 0.714. The van der Waals surface area contributed by atoms with Gasteiger partial charge in [0.1, 0.15) is 5.82 Å². The molecule has 16 heavy (non-hydrogen) atoms. The number of aromatic nitrogens is 1. The molecule has 0 saturated carbocycles. The maximum atomic E-state index is 11.3. The predicted octanol–water partition coefficient (Wildman–Crippen LogP) is 1.19. The summed E-state index contributed by atoms with van der Waals surface area (Å²) in [6.07, 6.45) is 1.68. The molecule has 0 aliphatic heterocycles. The number of hydrogen-bond donors (Lipinski definition) is 3. The summed E-state index contributed by atoms with van der Waals surface area (Å²) in [5, 5.41) is 5.83. The number of hydrogen-bond acceptors (Lipinski definition) is 4. The van der Waals surface area contributed by atoms with Gasteiger partial charge >= 0.3 is 0 Å². The molecular formula is C11H18N4O. The molecule has 1 amide bonds. The van der Waals surface area contributed by atoms with Gasteiger partial charge in [-0.3, -0.25) is 4.79 Å². The third-order valence-corrected chi connectivity index (χ3v) is 1.88. The van der Waals surface area contributed by atoms with E-state index in [2.05, 4.69) is 15.6 Å². The van der Waals surface area contributed by atoms with Crippen LogP contribution < -0.4 is 16.4 Å². The Hall–Kier alpha value is -1.62. The van der Waals surface area contributed by atoms with Gasteiger partial charge in [-0.2, -0.15) is 0 Å². The second-order valence-corrected chi connectivity index (χ2v) is 4.01. The van der Waals surface area contributed by atoms with Gasteiger partial charge in [-0.15, -0.1) is 0 Å². The fourth-order valence-electron chi connectivity index (χ4n) is 1.13. The van der Waals surface area contributed by atoms with Crippen LogP contribution in [-0.2, 0) is 4.79 Å². The average molecular weight is 222 g/mol. The van der Waals surface area contributed by atoms with Crippen LogP contribution in [0.5, 0.6) is 0 Å². The van der Waals surface area contributed by atoms with Crippen molar-refractivity contribution in [2.24, 2.45) is 5.73 Å². The van der Waals surface area contributed by atoms with E-state index in [-0.39, 0.29) is 5.91 Å². The Morgan fingerprint density at radius 1 is 1.38 bits per heavy atom. The van der Waals surface area contributed by atoms with Crippen LogP contribution >= 0.6 is 0 Å². The molecule has 0 spiro atoms. The third kappa shape index (κ3) is 3.86. The van der Waals surface area contributed by atoms with Crippen LogP contribution in [0.15, 0.2) is 18.3 Å². The van der Waals surface area contributed by atoms with Gasteiger partial charge in [0.15, 0.2) is 0 Å². The molecule has 1 unspecified atom stereocenters. The number of nitrogens with two attached hydrogens (primary N) is 1. The van der Waals surface area contributed by atoms with E-state index >= 15 is 0 Å². The average Bonchev–Trinajstić information content (AvgIpc) is 2.20. The van der Waals surface area contributed by atoms with Gasteiger partial charge in [-0.1, -0.05) is 0 Å². The second kappa shape index (κ2) is 5.46. The van der Waals surface area contributed by atoms with Gasteiger partial charge in [0, 0.05) is 6.04 Å². The lowest BCUT2D eigenvalue weighted by atomic mass is 10.3. The van der Waals surface area contributed by atoms with Crippen LogP contribution in [-0.4, -0.2) is 23.0 Å². The highest BCUT2D eigenvalue weighted by molar-refractivity contribution is 5.93. The zero-order valence-electron chi connectivity index (χ0n) is 9.82. The second-order valence-electron chi connectivity index (χ2n) is 4.01. The van der Waals surface area contributed by atoms with Crippen LogP contribution in [0.1, 0.15) is 20.8 Å². The molecule has 0 aliphatic carbocycles. The molecule has 1 rings (SSSR count). The Morgan fingerprint density at radius 2 is 2.06 bits per heavy atom. The van der Waals surface area contributed by atoms with Crippen molar-refractivity contribution in [2.75, 3.05) is 10.6 Å². The number of nitrogens with zero attached hydrogens (tertiary/aromatic N) is 1. The molecule has 0 radical (unpaired) electrons. The molecular weight excluding hydrogens is 204 g/mol. The fraction of sp³-hybridized carbons (Fsp3) is 0.455. The first-order valence-electron chi connectivity index (χ1n) is 5.28. The van der Waals surface area contributed by atoms with Crippen molar-refractivity contribution in [3.8, 4) is 0 Å². The number of carbonyl (C=O) groups is 1. The molecule has 0 bridgehead atoms. The number of anilines is 2. The largest absolute Gasteiger partial charge is 0.382 e. The van der Waals surface area contributed by atoms with Crippen molar-refractivity contribution in [1.82, 2.24) is 4.98 Å². The first-order chi connectivity index (χ1) is 7.49. The van der Waals surface area contributed by atoms with Crippen molar-refractivity contribution in [1.29, 1.82) is 0 Å². The third-order valence-electron chi connectivity index (χ3n) is 1.88. The lowest BCUT2D eigenvalue weighted by Gasteiger charge is -2.10. The van der Waals surface area contributed by atoms with E-state index in [1.54, 1.807) is 19.2 Å². The Morgan fingerprint density at radius 3 is 2.50 bits per heavy atom. The minimum Gasteiger partial charge on any atom is -0.382 e. The van der Waals surface area contributed by atoms with Crippen molar-refractivity contribution < 1.29 is 4.79 Å². The van der Waals surface area contributed by atoms with E-state index in [1.165, 1.54) is 0 Å². The Bertz CT molecular complexity index is 346. The van der Waals surface area contributed by atoms with Gasteiger partial charge < -0.3 is 16.4 Å². The Labute approximate surface area is 95.4 Å². The molecule has 1 aromatic rings. The van der Waals surface area contributed by atoms with E-state index in [0.717, 1.165) is 5.69 Å². The van der Waals surface area contributed by atoms with Gasteiger partial charge in [-0.25, -0.2) is 4.98 Å². The van der Waals surface area contributed by atoms with E-state index < -0.39 is 6.04 Å². The molecule has 0 saturated heterocycles. The standard InChI is InChI=1S/C11H18N4O/c1-7(2)14-9-4-5-10(13-6-9)15-11(16)8(3)12/h4-8,14H,12H2,1-3H3,(H,13,15,16). The highest BCUT2D eigenvalue weighted by Gasteiger charge is 2.07. The monoisotopic (exact) mass is 222 g/mol. The Balaban J connectivity index is 2.61. The topological polar surface area (TPSA) is 80.0 Å². The lowest BCUT2D eigenvalue weighted by Crippen LogP contribution is -2.32. The summed E-state index contributed by atoms with van der Waals surface area (Å²) in [5.74, 6) is 0.272. The van der Waals surface area contributed by atoms with Crippen LogP contribution in [0.4, 0.5) is 11.5 Å². The van der Waals surface area contributed by atoms with Crippen LogP contribution in [0.2, 0.25) is 0 Å². The SMILES string of the molecule is CC(C)Nc1ccc(NC(=O)C(C)N)nc1. The van der Waals surface area contributed by atoms with Crippen molar-refractivity contribution in [3.63, 3.8) is 0 Å². The predicted molar refractivity (Wildman–Crippen MR) is 65.3 cm³/mol. The summed E-state index contributed by atoms with van der Waals surface area (Å²) in [4.78, 5) is 15.4. The van der Waals surface area contributed by atoms with Gasteiger partial charge in [0.05, 0.1) is 17.9 Å². The molecule has 4 N–H and O–H groups in total. The number of pyridine rings is 1. The molecule has 0 fully saturated rings. The van der Waals surface area contributed by atoms with Crippen LogP contribution in [0.3, 0.4) is 0 Å². The molecule has 1 aromatic heterocycles. The lowest BCUT2D eigenvalue weighted by molar-refractivity contribution is -0.117. The summed E-state index contributed by atoms with van der Waals surface area (Å²) >= 11 is 0. The summed E-state index contributed by atoms with van der Waals surface area (Å²) in [6.45, 7) is 5.72. The molecule has 1 heterocycles. The molecule has 88 valence electrons. The highest BCUT2D eigenvalue weighted by atomic mass is 16.2. The van der Waals surface area contributed by atoms with Gasteiger partial charge in [0.2, 0.25) is 5.91 Å². The highest BCUT2D eigenvalue weighted by Crippen LogP contribution is 2.10. The number of carbonyl (C=O) groups excluding carboxylic acids is 1. The first kappa shape index (κ1) is 12.4. The minimum atomic E-state index is -0.532. The zero-order valence-corrected chi connectivity index (χ0v) is 9.82. The zero-order chi connectivity index (χ0) is 12.1. The van der Waals surface area contributed by atoms with Crippen LogP contribution in [0.25, 0.3) is 0 Å². The number of nitrogens with one attached hydrogen (secondary N) is 2. The van der Waals surface area contributed by atoms with E-state index in [1.807, 2.05) is 19.9 Å². The van der Waals surface area contributed by atoms with E-state index in [4.69, 9.17) is 5.73 Å². The minimum absolute atomic E-state index is 0.239. The van der Waals surface area contributed by atoms with Crippen molar-refractivity contribution >= 4 is 17.4 Å². The van der Waals surface area contributed by atoms with Crippen molar-refractivity contribution in [3.05, 3.63) is 18.3 Å². The fourth-order valence-corrected chi connectivity index (χ4v) is 1.13. The van der Waals surface area contributed by atoms with Gasteiger partial charge in [0.25, 0.3) is 0 Å². The number of rotatable bonds is 4. The molecule has 1 atom stereocenters. The molecule has 5 heteroatoms.